The molecular weight excluding hydrogens is 321 g/mol. The summed E-state index contributed by atoms with van der Waals surface area (Å²) in [4.78, 5) is 15.6. The number of amides is 1. The normalized spacial score (nSPS) is 19.1. The molecule has 2 unspecified atom stereocenters. The quantitative estimate of drug-likeness (QED) is 0.891. The van der Waals surface area contributed by atoms with E-state index in [-0.39, 0.29) is 11.8 Å². The van der Waals surface area contributed by atoms with Crippen molar-refractivity contribution in [2.24, 2.45) is 0 Å². The molecule has 0 saturated carbocycles. The minimum Gasteiger partial charge on any atom is -0.382 e. The third-order valence-corrected chi connectivity index (χ3v) is 4.38. The molecule has 0 radical (unpaired) electrons. The highest BCUT2D eigenvalue weighted by Crippen LogP contribution is 2.22. The number of halogens is 3. The summed E-state index contributed by atoms with van der Waals surface area (Å²) in [5.74, 6) is 0.117. The molecule has 1 saturated heterocycles. The molecule has 1 amide bonds. The number of carbonyl (C=O) groups excluding carboxylic acids is 1. The van der Waals surface area contributed by atoms with E-state index in [1.54, 1.807) is 9.80 Å². The van der Waals surface area contributed by atoms with Gasteiger partial charge in [0.05, 0.1) is 0 Å². The van der Waals surface area contributed by atoms with E-state index in [2.05, 4.69) is 0 Å². The highest BCUT2D eigenvalue weighted by Gasteiger charge is 2.39. The highest BCUT2D eigenvalue weighted by molar-refractivity contribution is 5.77. The van der Waals surface area contributed by atoms with Gasteiger partial charge in [-0.25, -0.2) is 0 Å². The Morgan fingerprint density at radius 1 is 1.17 bits per heavy atom. The molecular formula is C17H23F3N2O2. The first kappa shape index (κ1) is 18.7. The van der Waals surface area contributed by atoms with E-state index >= 15 is 0 Å². The van der Waals surface area contributed by atoms with Crippen LogP contribution in [0.15, 0.2) is 30.3 Å². The SMILES string of the molecule is CC(CC(=O)N1CCN(CC(O)C(F)(F)F)CC1)c1ccccc1. The Morgan fingerprint density at radius 3 is 2.29 bits per heavy atom. The van der Waals surface area contributed by atoms with Gasteiger partial charge in [-0.15, -0.1) is 0 Å². The van der Waals surface area contributed by atoms with Crippen molar-refractivity contribution >= 4 is 5.91 Å². The fourth-order valence-corrected chi connectivity index (χ4v) is 2.82. The zero-order chi connectivity index (χ0) is 17.7. The van der Waals surface area contributed by atoms with Crippen molar-refractivity contribution in [3.05, 3.63) is 35.9 Å². The summed E-state index contributed by atoms with van der Waals surface area (Å²) in [5.41, 5.74) is 1.10. The number of carbonyl (C=O) groups is 1. The van der Waals surface area contributed by atoms with Crippen molar-refractivity contribution in [2.75, 3.05) is 32.7 Å². The lowest BCUT2D eigenvalue weighted by Crippen LogP contribution is -2.52. The summed E-state index contributed by atoms with van der Waals surface area (Å²) >= 11 is 0. The number of hydrogen-bond donors (Lipinski definition) is 1. The predicted molar refractivity (Wildman–Crippen MR) is 84.6 cm³/mol. The van der Waals surface area contributed by atoms with E-state index in [1.165, 1.54) is 0 Å². The lowest BCUT2D eigenvalue weighted by atomic mass is 9.97. The van der Waals surface area contributed by atoms with Crippen molar-refractivity contribution in [1.82, 2.24) is 9.80 Å². The molecule has 2 rings (SSSR count). The summed E-state index contributed by atoms with van der Waals surface area (Å²) in [5, 5.41) is 9.11. The van der Waals surface area contributed by atoms with Crippen LogP contribution in [0.1, 0.15) is 24.8 Å². The first-order valence-corrected chi connectivity index (χ1v) is 8.07. The van der Waals surface area contributed by atoms with E-state index in [1.807, 2.05) is 37.3 Å². The second kappa shape index (κ2) is 7.98. The van der Waals surface area contributed by atoms with Crippen LogP contribution in [0, 0.1) is 0 Å². The second-order valence-corrected chi connectivity index (χ2v) is 6.25. The molecule has 1 N–H and O–H groups in total. The van der Waals surface area contributed by atoms with Crippen LogP contribution in [0.4, 0.5) is 13.2 Å². The molecule has 24 heavy (non-hydrogen) atoms. The molecule has 0 spiro atoms. The average molecular weight is 344 g/mol. The molecule has 1 aromatic carbocycles. The topological polar surface area (TPSA) is 43.8 Å². The minimum absolute atomic E-state index is 0.0161. The number of aliphatic hydroxyl groups excluding tert-OH is 1. The first-order valence-electron chi connectivity index (χ1n) is 8.07. The molecule has 1 aromatic rings. The van der Waals surface area contributed by atoms with Crippen molar-refractivity contribution in [3.8, 4) is 0 Å². The number of alkyl halides is 3. The number of aliphatic hydroxyl groups is 1. The number of nitrogens with zero attached hydrogens (tertiary/aromatic N) is 2. The standard InChI is InChI=1S/C17H23F3N2O2/c1-13(14-5-3-2-4-6-14)11-16(24)22-9-7-21(8-10-22)12-15(23)17(18,19)20/h2-6,13,15,23H,7-12H2,1H3. The van der Waals surface area contributed by atoms with E-state index in [0.717, 1.165) is 5.56 Å². The molecule has 1 aliphatic rings. The Morgan fingerprint density at radius 2 is 1.75 bits per heavy atom. The summed E-state index contributed by atoms with van der Waals surface area (Å²) < 4.78 is 37.1. The van der Waals surface area contributed by atoms with Gasteiger partial charge in [-0.05, 0) is 11.5 Å². The number of benzene rings is 1. The smallest absolute Gasteiger partial charge is 0.382 e. The second-order valence-electron chi connectivity index (χ2n) is 6.25. The van der Waals surface area contributed by atoms with Crippen LogP contribution in [0.5, 0.6) is 0 Å². The van der Waals surface area contributed by atoms with Gasteiger partial charge in [-0.2, -0.15) is 13.2 Å². The van der Waals surface area contributed by atoms with Gasteiger partial charge in [0, 0.05) is 39.1 Å². The summed E-state index contributed by atoms with van der Waals surface area (Å²) in [7, 11) is 0. The van der Waals surface area contributed by atoms with E-state index in [9.17, 15) is 18.0 Å². The van der Waals surface area contributed by atoms with E-state index in [0.29, 0.717) is 32.6 Å². The highest BCUT2D eigenvalue weighted by atomic mass is 19.4. The zero-order valence-electron chi connectivity index (χ0n) is 13.7. The molecule has 0 bridgehead atoms. The van der Waals surface area contributed by atoms with Crippen molar-refractivity contribution in [2.45, 2.75) is 31.5 Å². The third-order valence-electron chi connectivity index (χ3n) is 4.38. The Bertz CT molecular complexity index is 528. The van der Waals surface area contributed by atoms with E-state index < -0.39 is 18.8 Å². The first-order chi connectivity index (χ1) is 11.3. The van der Waals surface area contributed by atoms with Gasteiger partial charge < -0.3 is 10.0 Å². The third kappa shape index (κ3) is 5.21. The Labute approximate surface area is 139 Å². The van der Waals surface area contributed by atoms with E-state index in [4.69, 9.17) is 5.11 Å². The maximum Gasteiger partial charge on any atom is 0.415 e. The monoisotopic (exact) mass is 344 g/mol. The lowest BCUT2D eigenvalue weighted by molar-refractivity contribution is -0.209. The lowest BCUT2D eigenvalue weighted by Gasteiger charge is -2.36. The summed E-state index contributed by atoms with van der Waals surface area (Å²) in [6, 6.07) is 9.75. The van der Waals surface area contributed by atoms with Crippen molar-refractivity contribution in [1.29, 1.82) is 0 Å². The van der Waals surface area contributed by atoms with Crippen LogP contribution < -0.4 is 0 Å². The Hall–Kier alpha value is -1.60. The molecule has 1 fully saturated rings. The minimum atomic E-state index is -4.60. The fourth-order valence-electron chi connectivity index (χ4n) is 2.82. The van der Waals surface area contributed by atoms with Gasteiger partial charge in [0.2, 0.25) is 5.91 Å². The van der Waals surface area contributed by atoms with Crippen molar-refractivity contribution in [3.63, 3.8) is 0 Å². The maximum absolute atomic E-state index is 12.4. The molecule has 7 heteroatoms. The van der Waals surface area contributed by atoms with Gasteiger partial charge in [-0.1, -0.05) is 37.3 Å². The van der Waals surface area contributed by atoms with Crippen LogP contribution in [-0.2, 0) is 4.79 Å². The van der Waals surface area contributed by atoms with Crippen LogP contribution in [0.2, 0.25) is 0 Å². The predicted octanol–water partition coefficient (Wildman–Crippen LogP) is 2.25. The van der Waals surface area contributed by atoms with Gasteiger partial charge in [0.15, 0.2) is 6.10 Å². The molecule has 0 aliphatic carbocycles. The van der Waals surface area contributed by atoms with Crippen molar-refractivity contribution < 1.29 is 23.1 Å². The largest absolute Gasteiger partial charge is 0.415 e. The number of piperazine rings is 1. The number of β-amino-alcohol motifs (C(OH)–C–C–N with tert-alkyl or cyclic N) is 1. The molecule has 1 aliphatic heterocycles. The van der Waals surface area contributed by atoms with Crippen LogP contribution >= 0.6 is 0 Å². The van der Waals surface area contributed by atoms with Crippen LogP contribution in [0.3, 0.4) is 0 Å². The van der Waals surface area contributed by atoms with Gasteiger partial charge >= 0.3 is 6.18 Å². The van der Waals surface area contributed by atoms with Gasteiger partial charge in [0.1, 0.15) is 0 Å². The Balaban J connectivity index is 1.78. The van der Waals surface area contributed by atoms with Gasteiger partial charge in [-0.3, -0.25) is 9.69 Å². The fraction of sp³-hybridized carbons (Fsp3) is 0.588. The molecule has 2 atom stereocenters. The number of hydrogen-bond acceptors (Lipinski definition) is 3. The Kier molecular flexibility index (Phi) is 6.23. The molecule has 1 heterocycles. The molecule has 4 nitrogen and oxygen atoms in total. The molecule has 0 aromatic heterocycles. The molecule has 134 valence electrons. The summed E-state index contributed by atoms with van der Waals surface area (Å²) in [6.45, 7) is 3.03. The van der Waals surface area contributed by atoms with Gasteiger partial charge in [0.25, 0.3) is 0 Å². The number of rotatable bonds is 5. The van der Waals surface area contributed by atoms with Crippen LogP contribution in [-0.4, -0.2) is 65.8 Å². The maximum atomic E-state index is 12.4. The summed E-state index contributed by atoms with van der Waals surface area (Å²) in [6.07, 6.45) is -6.55. The van der Waals surface area contributed by atoms with Crippen LogP contribution in [0.25, 0.3) is 0 Å². The average Bonchev–Trinajstić information content (AvgIpc) is 2.55. The zero-order valence-corrected chi connectivity index (χ0v) is 13.7.